The molecule has 556 valence electrons. The van der Waals surface area contributed by atoms with Gasteiger partial charge in [0.05, 0.1) is 34.1 Å². The van der Waals surface area contributed by atoms with Crippen molar-refractivity contribution < 1.29 is 0 Å². The van der Waals surface area contributed by atoms with Gasteiger partial charge in [-0.25, -0.2) is 0 Å². The fourth-order valence-corrected chi connectivity index (χ4v) is 14.2. The average Bonchev–Trinajstić information content (AvgIpc) is 0.753. The molecule has 0 heterocycles. The third-order valence-corrected chi connectivity index (χ3v) is 21.2. The summed E-state index contributed by atoms with van der Waals surface area (Å²) in [5.74, 6) is 0. The van der Waals surface area contributed by atoms with Crippen LogP contribution in [0.4, 0.5) is 85.3 Å². The fourth-order valence-electron chi connectivity index (χ4n) is 14.2. The van der Waals surface area contributed by atoms with Crippen LogP contribution in [-0.4, -0.2) is 0 Å². The van der Waals surface area contributed by atoms with E-state index < -0.39 is 0 Å². The van der Waals surface area contributed by atoms with E-state index in [4.69, 9.17) is 0 Å². The van der Waals surface area contributed by atoms with E-state index in [1.165, 1.54) is 50.1 Å². The summed E-state index contributed by atoms with van der Waals surface area (Å²) < 4.78 is 0. The number of benzene rings is 11. The van der Waals surface area contributed by atoms with Gasteiger partial charge in [-0.15, -0.1) is 0 Å². The summed E-state index contributed by atoms with van der Waals surface area (Å²) in [5, 5.41) is 0. The smallest absolute Gasteiger partial charge is 0.0503 e. The van der Waals surface area contributed by atoms with E-state index >= 15 is 0 Å². The van der Waals surface area contributed by atoms with Crippen molar-refractivity contribution in [2.45, 2.75) is 236 Å². The minimum Gasteiger partial charge on any atom is -0.310 e. The van der Waals surface area contributed by atoms with Gasteiger partial charge in [0, 0.05) is 51.2 Å². The zero-order valence-corrected chi connectivity index (χ0v) is 70.0. The summed E-state index contributed by atoms with van der Waals surface area (Å²) in [6.45, 7) is 62.2. The molecule has 11 aromatic carbocycles. The molecule has 0 saturated heterocycles. The van der Waals surface area contributed by atoms with Crippen LogP contribution >= 0.6 is 0 Å². The van der Waals surface area contributed by atoms with Gasteiger partial charge in [0.15, 0.2) is 0 Å². The summed E-state index contributed by atoms with van der Waals surface area (Å²) in [5.41, 5.74) is 26.3. The Balaban J connectivity index is 1.32. The molecule has 0 fully saturated rings. The standard InChI is InChI=1S/C102H123N5/c1-94(2,3)70-28-46-79(47-29-70)103(80-48-30-71(31-49-80)95(4,5)6)88-64-89(104(81-50-32-72(33-51-81)96(7,8)9)82-52-34-73(35-53-82)97(10,11)12)67-92(66-88)107(87-62-44-78(45-63-87)102(25,26)27)93-68-90(105(83-54-36-74(37-55-83)98(13,14)15)84-56-38-75(39-57-84)99(16,17)18)65-91(69-93)106(85-58-40-76(41-59-85)100(19,20)21)86-60-42-77(43-61-86)101(22,23)24/h28-69H,1-27H3. The second-order valence-corrected chi connectivity index (χ2v) is 39.3. The SMILES string of the molecule is CC(C)(C)c1ccc(N(c2ccc(C(C)(C)C)cc2)c2cc(N(c3ccc(C(C)(C)C)cc3)c3ccc(C(C)(C)C)cc3)cc(N(c3ccc(C(C)(C)C)cc3)c3cc(N(c4ccc(C(C)(C)C)cc4)c4ccc(C(C)(C)C)cc4)cc(N(c4ccc(C(C)(C)C)cc4)c4ccc(C(C)(C)C)cc4)c3)c2)cc1. The minimum absolute atomic E-state index is 0.0600. The van der Waals surface area contributed by atoms with Crippen LogP contribution in [0, 0.1) is 0 Å². The van der Waals surface area contributed by atoms with Crippen molar-refractivity contribution in [3.63, 3.8) is 0 Å². The van der Waals surface area contributed by atoms with Crippen molar-refractivity contribution in [2.75, 3.05) is 24.5 Å². The Hall–Kier alpha value is -9.58. The van der Waals surface area contributed by atoms with Crippen molar-refractivity contribution in [2.24, 2.45) is 0 Å². The molecule has 11 rings (SSSR count). The Kier molecular flexibility index (Phi) is 21.4. The van der Waals surface area contributed by atoms with Crippen LogP contribution in [0.2, 0.25) is 0 Å². The molecule has 0 saturated carbocycles. The predicted octanol–water partition coefficient (Wildman–Crippen LogP) is 30.7. The zero-order chi connectivity index (χ0) is 77.9. The van der Waals surface area contributed by atoms with Crippen LogP contribution < -0.4 is 24.5 Å². The molecule has 0 amide bonds. The lowest BCUT2D eigenvalue weighted by Gasteiger charge is -2.35. The van der Waals surface area contributed by atoms with Crippen molar-refractivity contribution in [1.29, 1.82) is 0 Å². The Morgan fingerprint density at radius 1 is 0.112 bits per heavy atom. The monoisotopic (exact) mass is 1420 g/mol. The fraction of sp³-hybridized carbons (Fsp3) is 0.353. The first-order valence-electron chi connectivity index (χ1n) is 39.0. The highest BCUT2D eigenvalue weighted by atomic mass is 15.2. The van der Waals surface area contributed by atoms with E-state index in [0.29, 0.717) is 0 Å². The molecule has 0 aliphatic carbocycles. The molecule has 0 radical (unpaired) electrons. The van der Waals surface area contributed by atoms with Crippen molar-refractivity contribution in [1.82, 2.24) is 0 Å². The van der Waals surface area contributed by atoms with E-state index in [1.807, 2.05) is 0 Å². The molecule has 0 N–H and O–H groups in total. The molecule has 5 heteroatoms. The molecule has 0 spiro atoms. The molecule has 0 atom stereocenters. The first-order valence-corrected chi connectivity index (χ1v) is 39.0. The number of anilines is 15. The molecule has 0 aromatic heterocycles. The highest BCUT2D eigenvalue weighted by Gasteiger charge is 2.30. The van der Waals surface area contributed by atoms with Crippen LogP contribution in [0.3, 0.4) is 0 Å². The first kappa shape index (κ1) is 78.5. The molecular formula is C102H123N5. The average molecular weight is 1420 g/mol. The van der Waals surface area contributed by atoms with E-state index in [2.05, 4.69) is 466 Å². The van der Waals surface area contributed by atoms with Crippen LogP contribution in [0.25, 0.3) is 0 Å². The molecule has 0 aliphatic heterocycles. The maximum absolute atomic E-state index is 2.53. The second kappa shape index (κ2) is 29.2. The number of hydrogen-bond donors (Lipinski definition) is 0. The largest absolute Gasteiger partial charge is 0.310 e. The van der Waals surface area contributed by atoms with E-state index in [0.717, 1.165) is 85.3 Å². The third-order valence-electron chi connectivity index (χ3n) is 21.2. The van der Waals surface area contributed by atoms with Gasteiger partial charge in [-0.2, -0.15) is 0 Å². The number of hydrogen-bond acceptors (Lipinski definition) is 5. The van der Waals surface area contributed by atoms with Gasteiger partial charge < -0.3 is 24.5 Å². The van der Waals surface area contributed by atoms with Crippen molar-refractivity contribution in [3.8, 4) is 0 Å². The van der Waals surface area contributed by atoms with Gasteiger partial charge in [-0.05, 0) is 244 Å². The number of nitrogens with zero attached hydrogens (tertiary/aromatic N) is 5. The van der Waals surface area contributed by atoms with Crippen LogP contribution in [0.15, 0.2) is 255 Å². The van der Waals surface area contributed by atoms with E-state index in [1.54, 1.807) is 0 Å². The van der Waals surface area contributed by atoms with Crippen molar-refractivity contribution in [3.05, 3.63) is 305 Å². The summed E-state index contributed by atoms with van der Waals surface area (Å²) in [7, 11) is 0. The lowest BCUT2D eigenvalue weighted by Crippen LogP contribution is -2.19. The first-order chi connectivity index (χ1) is 49.7. The lowest BCUT2D eigenvalue weighted by atomic mass is 9.86. The predicted molar refractivity (Wildman–Crippen MR) is 468 cm³/mol. The second-order valence-electron chi connectivity index (χ2n) is 39.3. The molecule has 107 heavy (non-hydrogen) atoms. The minimum atomic E-state index is -0.113. The van der Waals surface area contributed by atoms with Gasteiger partial charge in [0.1, 0.15) is 0 Å². The Labute approximate surface area is 646 Å². The summed E-state index contributed by atoms with van der Waals surface area (Å²) in [6.07, 6.45) is 0. The van der Waals surface area contributed by atoms with E-state index in [-0.39, 0.29) is 48.7 Å². The summed E-state index contributed by atoms with van der Waals surface area (Å²) in [4.78, 5) is 12.4. The normalized spacial score (nSPS) is 12.8. The Morgan fingerprint density at radius 3 is 0.262 bits per heavy atom. The van der Waals surface area contributed by atoms with Crippen LogP contribution in [-0.2, 0) is 48.7 Å². The van der Waals surface area contributed by atoms with E-state index in [9.17, 15) is 0 Å². The molecule has 0 unspecified atom stereocenters. The Bertz CT molecular complexity index is 4030. The summed E-state index contributed by atoms with van der Waals surface area (Å²) >= 11 is 0. The molecule has 11 aromatic rings. The summed E-state index contributed by atoms with van der Waals surface area (Å²) in [6, 6.07) is 98.4. The van der Waals surface area contributed by atoms with Gasteiger partial charge in [0.2, 0.25) is 0 Å². The maximum atomic E-state index is 2.53. The molecule has 0 bridgehead atoms. The van der Waals surface area contributed by atoms with Crippen LogP contribution in [0.5, 0.6) is 0 Å². The third kappa shape index (κ3) is 18.0. The molecule has 5 nitrogen and oxygen atoms in total. The highest BCUT2D eigenvalue weighted by molar-refractivity contribution is 5.93. The number of rotatable bonds is 15. The highest BCUT2D eigenvalue weighted by Crippen LogP contribution is 2.52. The van der Waals surface area contributed by atoms with Gasteiger partial charge in [0.25, 0.3) is 0 Å². The zero-order valence-electron chi connectivity index (χ0n) is 70.0. The maximum Gasteiger partial charge on any atom is 0.0503 e. The molecular weight excluding hydrogens is 1300 g/mol. The van der Waals surface area contributed by atoms with Crippen molar-refractivity contribution >= 4 is 85.3 Å². The van der Waals surface area contributed by atoms with Gasteiger partial charge in [-0.3, -0.25) is 0 Å². The van der Waals surface area contributed by atoms with Crippen LogP contribution in [0.1, 0.15) is 237 Å². The Morgan fingerprint density at radius 2 is 0.187 bits per heavy atom. The van der Waals surface area contributed by atoms with Gasteiger partial charge >= 0.3 is 0 Å². The molecule has 0 aliphatic rings. The lowest BCUT2D eigenvalue weighted by molar-refractivity contribution is 0.590. The quantitative estimate of drug-likeness (QED) is 0.101. The topological polar surface area (TPSA) is 16.2 Å². The van der Waals surface area contributed by atoms with Gasteiger partial charge in [-0.1, -0.05) is 296 Å².